The Kier molecular flexibility index (Phi) is 6.16. The molecule has 0 saturated carbocycles. The van der Waals surface area contributed by atoms with Crippen molar-refractivity contribution in [2.75, 3.05) is 0 Å². The summed E-state index contributed by atoms with van der Waals surface area (Å²) in [7, 11) is -1.31. The standard InChI is InChI=1S/C10H22OSi/c1-5-6-7-8-9-10-11-12(2,3)4/h9-10H,5-8H2,1-4H3/b10-9-. The summed E-state index contributed by atoms with van der Waals surface area (Å²) in [6.45, 7) is 8.82. The number of hydrogen-bond donors (Lipinski definition) is 0. The number of hydrogen-bond acceptors (Lipinski definition) is 1. The third-order valence-electron chi connectivity index (χ3n) is 1.49. The third-order valence-corrected chi connectivity index (χ3v) is 2.34. The zero-order valence-corrected chi connectivity index (χ0v) is 9.89. The second-order valence-corrected chi connectivity index (χ2v) is 8.56. The Bertz CT molecular complexity index is 124. The Morgan fingerprint density at radius 3 is 2.33 bits per heavy atom. The van der Waals surface area contributed by atoms with Gasteiger partial charge in [0.15, 0.2) is 0 Å². The Morgan fingerprint density at radius 2 is 1.83 bits per heavy atom. The second kappa shape index (κ2) is 6.29. The van der Waals surface area contributed by atoms with Crippen molar-refractivity contribution < 1.29 is 4.43 Å². The molecule has 0 rings (SSSR count). The van der Waals surface area contributed by atoms with E-state index in [1.54, 1.807) is 0 Å². The van der Waals surface area contributed by atoms with Crippen molar-refractivity contribution in [3.05, 3.63) is 12.3 Å². The van der Waals surface area contributed by atoms with Crippen LogP contribution < -0.4 is 0 Å². The molecule has 0 atom stereocenters. The Balaban J connectivity index is 3.26. The van der Waals surface area contributed by atoms with E-state index >= 15 is 0 Å². The van der Waals surface area contributed by atoms with E-state index in [9.17, 15) is 0 Å². The molecule has 0 spiro atoms. The van der Waals surface area contributed by atoms with Gasteiger partial charge >= 0.3 is 0 Å². The average molecular weight is 186 g/mol. The first kappa shape index (κ1) is 11.8. The van der Waals surface area contributed by atoms with Gasteiger partial charge in [0.2, 0.25) is 8.32 Å². The normalized spacial score (nSPS) is 12.3. The smallest absolute Gasteiger partial charge is 0.241 e. The summed E-state index contributed by atoms with van der Waals surface area (Å²) < 4.78 is 5.57. The van der Waals surface area contributed by atoms with Crippen molar-refractivity contribution in [2.24, 2.45) is 0 Å². The first-order valence-electron chi connectivity index (χ1n) is 4.89. The van der Waals surface area contributed by atoms with Gasteiger partial charge in [-0.3, -0.25) is 0 Å². The summed E-state index contributed by atoms with van der Waals surface area (Å²) in [5.74, 6) is 0. The van der Waals surface area contributed by atoms with E-state index in [4.69, 9.17) is 4.43 Å². The van der Waals surface area contributed by atoms with Crippen molar-refractivity contribution in [3.63, 3.8) is 0 Å². The Labute approximate surface area is 78.0 Å². The fraction of sp³-hybridized carbons (Fsp3) is 0.800. The van der Waals surface area contributed by atoms with Gasteiger partial charge in [0.05, 0.1) is 6.26 Å². The zero-order valence-electron chi connectivity index (χ0n) is 8.89. The van der Waals surface area contributed by atoms with Gasteiger partial charge in [0, 0.05) is 0 Å². The lowest BCUT2D eigenvalue weighted by Crippen LogP contribution is -2.21. The predicted molar refractivity (Wildman–Crippen MR) is 57.7 cm³/mol. The molecule has 0 aromatic carbocycles. The highest BCUT2D eigenvalue weighted by atomic mass is 28.4. The minimum atomic E-state index is -1.31. The quantitative estimate of drug-likeness (QED) is 0.347. The van der Waals surface area contributed by atoms with Gasteiger partial charge < -0.3 is 4.43 Å². The summed E-state index contributed by atoms with van der Waals surface area (Å²) in [6, 6.07) is 0. The summed E-state index contributed by atoms with van der Waals surface area (Å²) >= 11 is 0. The first-order valence-corrected chi connectivity index (χ1v) is 8.30. The molecule has 72 valence electrons. The van der Waals surface area contributed by atoms with E-state index in [0.717, 1.165) is 0 Å². The largest absolute Gasteiger partial charge is 0.550 e. The fourth-order valence-electron chi connectivity index (χ4n) is 0.832. The van der Waals surface area contributed by atoms with E-state index in [-0.39, 0.29) is 0 Å². The van der Waals surface area contributed by atoms with Gasteiger partial charge in [-0.2, -0.15) is 0 Å². The molecule has 0 heterocycles. The van der Waals surface area contributed by atoms with Gasteiger partial charge in [-0.1, -0.05) is 25.8 Å². The lowest BCUT2D eigenvalue weighted by molar-refractivity contribution is 0.476. The Morgan fingerprint density at radius 1 is 1.17 bits per heavy atom. The molecule has 0 aromatic heterocycles. The first-order chi connectivity index (χ1) is 5.56. The summed E-state index contributed by atoms with van der Waals surface area (Å²) in [6.07, 6.45) is 9.12. The van der Waals surface area contributed by atoms with Crippen LogP contribution in [0.2, 0.25) is 19.6 Å². The zero-order chi connectivity index (χ0) is 9.45. The fourth-order valence-corrected chi connectivity index (χ4v) is 1.34. The Hall–Kier alpha value is -0.243. The van der Waals surface area contributed by atoms with E-state index in [1.165, 1.54) is 25.7 Å². The maximum atomic E-state index is 5.57. The van der Waals surface area contributed by atoms with Crippen LogP contribution in [0.1, 0.15) is 32.6 Å². The van der Waals surface area contributed by atoms with Crippen LogP contribution in [0.15, 0.2) is 12.3 Å². The maximum absolute atomic E-state index is 5.57. The molecule has 0 unspecified atom stereocenters. The van der Waals surface area contributed by atoms with Crippen LogP contribution in [-0.4, -0.2) is 8.32 Å². The van der Waals surface area contributed by atoms with Crippen molar-refractivity contribution in [1.82, 2.24) is 0 Å². The molecule has 0 amide bonds. The van der Waals surface area contributed by atoms with Crippen molar-refractivity contribution in [2.45, 2.75) is 52.2 Å². The third kappa shape index (κ3) is 9.76. The highest BCUT2D eigenvalue weighted by molar-refractivity contribution is 6.69. The van der Waals surface area contributed by atoms with Crippen LogP contribution in [0.5, 0.6) is 0 Å². The van der Waals surface area contributed by atoms with Gasteiger partial charge in [0.1, 0.15) is 0 Å². The molecule has 0 fully saturated rings. The molecule has 2 heteroatoms. The van der Waals surface area contributed by atoms with E-state index in [0.29, 0.717) is 0 Å². The van der Waals surface area contributed by atoms with E-state index in [1.807, 2.05) is 6.26 Å². The van der Waals surface area contributed by atoms with Crippen LogP contribution in [0.4, 0.5) is 0 Å². The molecular weight excluding hydrogens is 164 g/mol. The molecule has 0 aliphatic carbocycles. The molecule has 0 aliphatic heterocycles. The number of unbranched alkanes of at least 4 members (excludes halogenated alkanes) is 3. The van der Waals surface area contributed by atoms with Crippen molar-refractivity contribution >= 4 is 8.32 Å². The average Bonchev–Trinajstić information content (AvgIpc) is 1.94. The van der Waals surface area contributed by atoms with Gasteiger partial charge in [0.25, 0.3) is 0 Å². The van der Waals surface area contributed by atoms with Crippen LogP contribution in [0.25, 0.3) is 0 Å². The van der Waals surface area contributed by atoms with E-state index < -0.39 is 8.32 Å². The predicted octanol–water partition coefficient (Wildman–Crippen LogP) is 3.93. The topological polar surface area (TPSA) is 9.23 Å². The number of rotatable bonds is 6. The lowest BCUT2D eigenvalue weighted by atomic mass is 10.2. The van der Waals surface area contributed by atoms with Gasteiger partial charge in [-0.15, -0.1) is 0 Å². The van der Waals surface area contributed by atoms with E-state index in [2.05, 4.69) is 32.6 Å². The molecule has 0 aliphatic rings. The molecule has 0 saturated heterocycles. The highest BCUT2D eigenvalue weighted by Crippen LogP contribution is 2.04. The van der Waals surface area contributed by atoms with Gasteiger partial charge in [-0.05, 0) is 32.5 Å². The van der Waals surface area contributed by atoms with Crippen LogP contribution in [0.3, 0.4) is 0 Å². The SMILES string of the molecule is CCCCC/C=C\O[Si](C)(C)C. The maximum Gasteiger partial charge on any atom is 0.241 e. The highest BCUT2D eigenvalue weighted by Gasteiger charge is 2.12. The molecule has 0 radical (unpaired) electrons. The molecule has 1 nitrogen and oxygen atoms in total. The minimum absolute atomic E-state index is 1.16. The van der Waals surface area contributed by atoms with Gasteiger partial charge in [-0.25, -0.2) is 0 Å². The second-order valence-electron chi connectivity index (χ2n) is 4.10. The lowest BCUT2D eigenvalue weighted by Gasteiger charge is -2.14. The molecule has 0 N–H and O–H groups in total. The van der Waals surface area contributed by atoms with Crippen LogP contribution >= 0.6 is 0 Å². The summed E-state index contributed by atoms with van der Waals surface area (Å²) in [5, 5.41) is 0. The van der Waals surface area contributed by atoms with Crippen molar-refractivity contribution in [1.29, 1.82) is 0 Å². The summed E-state index contributed by atoms with van der Waals surface area (Å²) in [5.41, 5.74) is 0. The molecule has 0 aromatic rings. The monoisotopic (exact) mass is 186 g/mol. The summed E-state index contributed by atoms with van der Waals surface area (Å²) in [4.78, 5) is 0. The number of allylic oxidation sites excluding steroid dienone is 1. The molecular formula is C10H22OSi. The molecule has 12 heavy (non-hydrogen) atoms. The minimum Gasteiger partial charge on any atom is -0.550 e. The van der Waals surface area contributed by atoms with Crippen LogP contribution in [0, 0.1) is 0 Å². The van der Waals surface area contributed by atoms with Crippen molar-refractivity contribution in [3.8, 4) is 0 Å². The molecule has 0 bridgehead atoms. The van der Waals surface area contributed by atoms with Crippen LogP contribution in [-0.2, 0) is 4.43 Å².